The van der Waals surface area contributed by atoms with Crippen LogP contribution in [0, 0.1) is 11.8 Å². The molecule has 1 unspecified atom stereocenters. The number of nitrogens with one attached hydrogen (secondary N) is 8. The predicted octanol–water partition coefficient (Wildman–Crippen LogP) is -5.32. The van der Waals surface area contributed by atoms with Gasteiger partial charge >= 0.3 is 71.9 Å². The molecule has 6 atom stereocenters. The molecule has 1 heterocycles. The van der Waals surface area contributed by atoms with E-state index >= 15 is 0 Å². The molecular formula is C65H102N16O28. The van der Waals surface area contributed by atoms with E-state index in [0.29, 0.717) is 23.2 Å². The van der Waals surface area contributed by atoms with Gasteiger partial charge in [-0.15, -0.1) is 0 Å². The number of alkyl carbamates (subject to hydrolysis) is 2. The fourth-order valence-corrected chi connectivity index (χ4v) is 10.8. The summed E-state index contributed by atoms with van der Waals surface area (Å²) in [6.45, 7) is -7.13. The van der Waals surface area contributed by atoms with Gasteiger partial charge in [-0.2, -0.15) is 0 Å². The lowest BCUT2D eigenvalue weighted by atomic mass is 9.96. The number of amides is 6. The zero-order valence-electron chi connectivity index (χ0n) is 61.2. The number of carbonyl (C=O) groups is 16. The molecule has 610 valence electrons. The van der Waals surface area contributed by atoms with Crippen molar-refractivity contribution in [3.63, 3.8) is 0 Å². The summed E-state index contributed by atoms with van der Waals surface area (Å²) in [6, 6.07) is 1.18. The van der Waals surface area contributed by atoms with Gasteiger partial charge < -0.3 is 103 Å². The van der Waals surface area contributed by atoms with Gasteiger partial charge in [-0.3, -0.25) is 101 Å². The van der Waals surface area contributed by atoms with Crippen LogP contribution in [0.3, 0.4) is 0 Å². The maximum absolute atomic E-state index is 13.9. The van der Waals surface area contributed by atoms with Crippen molar-refractivity contribution >= 4 is 95.5 Å². The Balaban J connectivity index is 2.42. The average molecular weight is 1560 g/mol. The molecule has 2 aromatic rings. The minimum Gasteiger partial charge on any atom is -0.480 e. The first kappa shape index (κ1) is 94.3. The molecule has 0 spiro atoms. The van der Waals surface area contributed by atoms with Crippen molar-refractivity contribution in [2.45, 2.75) is 90.3 Å². The number of ether oxygens (including phenoxy) is 2. The summed E-state index contributed by atoms with van der Waals surface area (Å²) in [7, 11) is 1.61. The molecule has 18 N–H and O–H groups in total. The van der Waals surface area contributed by atoms with Gasteiger partial charge in [0.05, 0.1) is 96.4 Å². The van der Waals surface area contributed by atoms with E-state index in [4.69, 9.17) is 9.47 Å². The molecule has 2 rings (SSSR count). The first-order valence-electron chi connectivity index (χ1n) is 34.3. The lowest BCUT2D eigenvalue weighted by molar-refractivity contribution is -0.146. The van der Waals surface area contributed by atoms with Crippen molar-refractivity contribution in [2.75, 3.05) is 158 Å². The Morgan fingerprint density at radius 2 is 0.835 bits per heavy atom. The molecule has 0 aliphatic heterocycles. The van der Waals surface area contributed by atoms with Gasteiger partial charge in [0, 0.05) is 96.8 Å². The fraction of sp³-hybridized carbons (Fsp3) is 0.615. The van der Waals surface area contributed by atoms with Crippen molar-refractivity contribution in [3.8, 4) is 0 Å². The number of carbonyl (C=O) groups excluding carboxylic acids is 6. The first-order chi connectivity index (χ1) is 51.3. The molecule has 0 aliphatic rings. The molecule has 0 saturated heterocycles. The number of carboxylic acid groups (broad SMARTS) is 10. The van der Waals surface area contributed by atoms with Gasteiger partial charge in [0.15, 0.2) is 0 Å². The molecule has 44 nitrogen and oxygen atoms in total. The summed E-state index contributed by atoms with van der Waals surface area (Å²) in [5, 5.41) is 115. The highest BCUT2D eigenvalue weighted by Crippen LogP contribution is 2.15. The summed E-state index contributed by atoms with van der Waals surface area (Å²) in [4.78, 5) is 214. The summed E-state index contributed by atoms with van der Waals surface area (Å²) in [5.74, 6) is -17.3. The number of benzene rings is 1. The number of aromatic nitrogens is 2. The number of aromatic amines is 1. The predicted molar refractivity (Wildman–Crippen MR) is 376 cm³/mol. The van der Waals surface area contributed by atoms with Crippen molar-refractivity contribution in [2.24, 2.45) is 11.8 Å². The second kappa shape index (κ2) is 50.7. The van der Waals surface area contributed by atoms with E-state index in [2.05, 4.69) is 47.2 Å². The van der Waals surface area contributed by atoms with E-state index in [1.165, 1.54) is 11.2 Å². The van der Waals surface area contributed by atoms with Crippen LogP contribution in [0.1, 0.15) is 57.4 Å². The highest BCUT2D eigenvalue weighted by Gasteiger charge is 2.34. The SMILES string of the molecule is CCC(C)[C@H](NC(=O)[C@H](Cc1cnc[nH]1)NC)C(=O)N[C@@H](CC(C)C)C(=O)NCc1ccc(CNC(=O)CN(CCNC(=O)OC[C@@H](CN(CCN(CC(=O)O)CC(=O)O)CC(=O)O)N(CC(=O)O)CC(=O)O)CCNC(=O)OC[C@@H](CN(CCN(CC(=O)O)CC(=O)O)CC(=O)O)N(CC(=O)O)CC(=O)O)cc1. The molecule has 1 aromatic carbocycles. The Labute approximate surface area is 625 Å². The highest BCUT2D eigenvalue weighted by molar-refractivity contribution is 5.93. The van der Waals surface area contributed by atoms with E-state index in [-0.39, 0.29) is 90.1 Å². The smallest absolute Gasteiger partial charge is 0.407 e. The number of aliphatic carboxylic acids is 10. The van der Waals surface area contributed by atoms with Gasteiger partial charge in [0.2, 0.25) is 23.6 Å². The van der Waals surface area contributed by atoms with Gasteiger partial charge in [-0.05, 0) is 36.4 Å². The lowest BCUT2D eigenvalue weighted by Crippen LogP contribution is -2.58. The number of hydrogen-bond donors (Lipinski definition) is 18. The Hall–Kier alpha value is -10.8. The third-order valence-corrected chi connectivity index (χ3v) is 16.3. The molecule has 1 aromatic heterocycles. The van der Waals surface area contributed by atoms with Gasteiger partial charge in [-0.25, -0.2) is 14.6 Å². The zero-order chi connectivity index (χ0) is 81.9. The van der Waals surface area contributed by atoms with Crippen LogP contribution in [0.25, 0.3) is 0 Å². The Morgan fingerprint density at radius 3 is 1.19 bits per heavy atom. The van der Waals surface area contributed by atoms with E-state index in [0.717, 1.165) is 29.4 Å². The molecule has 0 fully saturated rings. The monoisotopic (exact) mass is 1550 g/mol. The largest absolute Gasteiger partial charge is 0.480 e. The van der Waals surface area contributed by atoms with Crippen LogP contribution in [0.4, 0.5) is 9.59 Å². The van der Waals surface area contributed by atoms with E-state index in [1.54, 1.807) is 37.5 Å². The summed E-state index contributed by atoms with van der Waals surface area (Å²) >= 11 is 0. The van der Waals surface area contributed by atoms with Crippen LogP contribution in [-0.2, 0) is 96.1 Å². The number of imidazole rings is 1. The fourth-order valence-electron chi connectivity index (χ4n) is 10.8. The van der Waals surface area contributed by atoms with Crippen molar-refractivity contribution in [3.05, 3.63) is 53.6 Å². The second-order valence-corrected chi connectivity index (χ2v) is 25.8. The molecular weight excluding hydrogens is 1450 g/mol. The molecule has 0 bridgehead atoms. The maximum Gasteiger partial charge on any atom is 0.407 e. The Bertz CT molecular complexity index is 3130. The maximum atomic E-state index is 13.9. The molecule has 6 amide bonds. The minimum absolute atomic E-state index is 0.0129. The molecule has 109 heavy (non-hydrogen) atoms. The van der Waals surface area contributed by atoms with E-state index < -0.39 is 224 Å². The molecule has 0 saturated carbocycles. The van der Waals surface area contributed by atoms with Crippen LogP contribution in [0.2, 0.25) is 0 Å². The number of nitrogens with zero attached hydrogens (tertiary/aromatic N) is 8. The van der Waals surface area contributed by atoms with Crippen molar-refractivity contribution < 1.29 is 137 Å². The van der Waals surface area contributed by atoms with Crippen molar-refractivity contribution in [1.29, 1.82) is 0 Å². The zero-order valence-corrected chi connectivity index (χ0v) is 61.2. The number of carboxylic acids is 10. The molecule has 44 heteroatoms. The number of H-pyrrole nitrogens is 1. The van der Waals surface area contributed by atoms with Gasteiger partial charge in [0.25, 0.3) is 0 Å². The summed E-state index contributed by atoms with van der Waals surface area (Å²) in [6.07, 6.45) is 1.68. The highest BCUT2D eigenvalue weighted by atomic mass is 16.6. The quantitative estimate of drug-likeness (QED) is 0.0294. The number of hydrogen-bond acceptors (Lipinski definition) is 27. The number of rotatable bonds is 60. The number of likely N-dealkylation sites (N-methyl/N-ethyl adjacent to an activating group) is 1. The third-order valence-electron chi connectivity index (χ3n) is 16.3. The van der Waals surface area contributed by atoms with Crippen LogP contribution in [0.15, 0.2) is 36.8 Å². The van der Waals surface area contributed by atoms with Gasteiger partial charge in [-0.1, -0.05) is 58.4 Å². The first-order valence-corrected chi connectivity index (χ1v) is 34.3. The lowest BCUT2D eigenvalue weighted by Gasteiger charge is -2.33. The Kier molecular flexibility index (Phi) is 43.9. The van der Waals surface area contributed by atoms with Gasteiger partial charge in [0.1, 0.15) is 25.3 Å². The average Bonchev–Trinajstić information content (AvgIpc) is 1.60. The van der Waals surface area contributed by atoms with Crippen LogP contribution < -0.4 is 37.2 Å². The molecule has 0 radical (unpaired) electrons. The van der Waals surface area contributed by atoms with Crippen LogP contribution in [-0.4, -0.2) is 379 Å². The van der Waals surface area contributed by atoms with Crippen LogP contribution >= 0.6 is 0 Å². The van der Waals surface area contributed by atoms with Crippen LogP contribution in [0.5, 0.6) is 0 Å². The second-order valence-electron chi connectivity index (χ2n) is 25.8. The Morgan fingerprint density at radius 1 is 0.450 bits per heavy atom. The third kappa shape index (κ3) is 42.4. The van der Waals surface area contributed by atoms with E-state index in [1.807, 2.05) is 27.7 Å². The normalized spacial score (nSPS) is 13.1. The topological polar surface area (TPSA) is 629 Å². The van der Waals surface area contributed by atoms with E-state index in [9.17, 15) is 128 Å². The molecule has 0 aliphatic carbocycles. The summed E-state index contributed by atoms with van der Waals surface area (Å²) < 4.78 is 10.8. The standard InChI is InChI=1S/C65H102N16O28/c1-6-41(4)60(74-62(104)47(66-5)20-44-23-67-39-72-44)63(105)73-48(19-40(2)3)61(103)71-22-43-9-7-42(8-10-43)21-70-49(82)26-75(13-11-68-64(106)108-37-45(80(33-56(95)96)34-57(97)98)24-76(27-50(83)84)15-17-78(29-52(87)88)30-53(89)90)14-12-69-65(107)109-38-46(81(35-58(99)100)36-59(101)102)25-77(28-51(85)86)16-18-79(31-54(91)92)32-55(93)94/h7-10,23,39-41,45-48,60,66H,6,11-22,24-38H2,1-5H3,(H,67,72)(H,68,106)(H,69,107)(H,70,82)(H,71,103)(H,73,105)(H,74,104)(H,83,84)(H,85,86)(H,87,88)(H,89,90)(H,91,92)(H,93,94)(H,95,96)(H,97,98)(H,99,100)(H,101,102)/t41?,45-,46-,47+,48+,60+/m1/s1. The minimum atomic E-state index is -1.55. The van der Waals surface area contributed by atoms with Crippen molar-refractivity contribution in [1.82, 2.24) is 81.5 Å². The summed E-state index contributed by atoms with van der Waals surface area (Å²) in [5.41, 5.74) is 1.88.